The second-order valence-corrected chi connectivity index (χ2v) is 9.98. The van der Waals surface area contributed by atoms with Crippen LogP contribution < -0.4 is 14.4 Å². The Balaban J connectivity index is 1.33. The summed E-state index contributed by atoms with van der Waals surface area (Å²) in [5.74, 6) is 2.98. The quantitative estimate of drug-likeness (QED) is 0.430. The molecule has 0 saturated carbocycles. The van der Waals surface area contributed by atoms with Crippen molar-refractivity contribution in [3.05, 3.63) is 36.2 Å². The van der Waals surface area contributed by atoms with E-state index in [2.05, 4.69) is 9.88 Å². The average Bonchev–Trinajstić information content (AvgIpc) is 3.43. The highest BCUT2D eigenvalue weighted by Gasteiger charge is 2.21. The maximum atomic E-state index is 11.6. The Morgan fingerprint density at radius 2 is 1.89 bits per heavy atom. The zero-order chi connectivity index (χ0) is 25.3. The van der Waals surface area contributed by atoms with Crippen LogP contribution in [0, 0.1) is 5.92 Å². The minimum absolute atomic E-state index is 0.186. The van der Waals surface area contributed by atoms with Crippen LogP contribution in [-0.4, -0.2) is 79.2 Å². The van der Waals surface area contributed by atoms with E-state index in [1.807, 2.05) is 47.3 Å². The summed E-state index contributed by atoms with van der Waals surface area (Å²) in [6.07, 6.45) is 9.62. The molecule has 8 heteroatoms. The number of ether oxygens (including phenoxy) is 2. The van der Waals surface area contributed by atoms with Gasteiger partial charge in [0.25, 0.3) is 0 Å². The number of carbonyl (C=O) groups is 1. The number of hydrogen-bond donors (Lipinski definition) is 0. The molecule has 4 rings (SSSR count). The summed E-state index contributed by atoms with van der Waals surface area (Å²) in [7, 11) is 3.65. The molecule has 1 aromatic heterocycles. The summed E-state index contributed by atoms with van der Waals surface area (Å²) < 4.78 is 11.7. The van der Waals surface area contributed by atoms with E-state index in [9.17, 15) is 4.79 Å². The first-order valence-electron chi connectivity index (χ1n) is 13.4. The van der Waals surface area contributed by atoms with Crippen LogP contribution in [0.25, 0.3) is 0 Å². The molecular formula is C28H41N5O3. The second-order valence-electron chi connectivity index (χ2n) is 9.98. The van der Waals surface area contributed by atoms with Gasteiger partial charge in [0.05, 0.1) is 13.7 Å². The zero-order valence-electron chi connectivity index (χ0n) is 22.1. The summed E-state index contributed by atoms with van der Waals surface area (Å²) in [6.45, 7) is 7.57. The number of likely N-dealkylation sites (tertiary alicyclic amines) is 2. The van der Waals surface area contributed by atoms with Gasteiger partial charge in [0.15, 0.2) is 11.5 Å². The van der Waals surface area contributed by atoms with E-state index in [4.69, 9.17) is 14.5 Å². The fraction of sp³-hybridized carbons (Fsp3) is 0.607. The molecule has 2 saturated heterocycles. The van der Waals surface area contributed by atoms with E-state index in [-0.39, 0.29) is 5.91 Å². The number of methoxy groups -OCH3 is 1. The third-order valence-corrected chi connectivity index (χ3v) is 7.48. The van der Waals surface area contributed by atoms with Gasteiger partial charge >= 0.3 is 0 Å². The Hall–Kier alpha value is -2.87. The number of hydrogen-bond acceptors (Lipinski definition) is 7. The van der Waals surface area contributed by atoms with Crippen LogP contribution in [-0.2, 0) is 11.2 Å². The summed E-state index contributed by atoms with van der Waals surface area (Å²) >= 11 is 0. The van der Waals surface area contributed by atoms with Gasteiger partial charge in [-0.1, -0.05) is 0 Å². The number of aromatic nitrogens is 2. The third-order valence-electron chi connectivity index (χ3n) is 7.48. The number of nitrogens with zero attached hydrogens (tertiary/aromatic N) is 5. The molecule has 2 fully saturated rings. The largest absolute Gasteiger partial charge is 0.493 e. The van der Waals surface area contributed by atoms with Gasteiger partial charge in [0, 0.05) is 57.3 Å². The van der Waals surface area contributed by atoms with Gasteiger partial charge in [0.1, 0.15) is 0 Å². The van der Waals surface area contributed by atoms with E-state index in [0.717, 1.165) is 74.6 Å². The minimum Gasteiger partial charge on any atom is -0.493 e. The monoisotopic (exact) mass is 495 g/mol. The summed E-state index contributed by atoms with van der Waals surface area (Å²) in [5, 5.41) is 0. The summed E-state index contributed by atoms with van der Waals surface area (Å²) in [4.78, 5) is 27.4. The van der Waals surface area contributed by atoms with E-state index < -0.39 is 0 Å². The Morgan fingerprint density at radius 3 is 2.61 bits per heavy atom. The second kappa shape index (κ2) is 12.9. The van der Waals surface area contributed by atoms with Crippen molar-refractivity contribution in [1.29, 1.82) is 0 Å². The van der Waals surface area contributed by atoms with Crippen LogP contribution in [0.1, 0.15) is 51.1 Å². The zero-order valence-corrected chi connectivity index (χ0v) is 22.1. The Morgan fingerprint density at radius 1 is 1.11 bits per heavy atom. The van der Waals surface area contributed by atoms with Crippen LogP contribution >= 0.6 is 0 Å². The smallest absolute Gasteiger partial charge is 0.229 e. The lowest BCUT2D eigenvalue weighted by atomic mass is 9.91. The Bertz CT molecular complexity index is 987. The molecule has 0 radical (unpaired) electrons. The van der Waals surface area contributed by atoms with Crippen LogP contribution in [0.3, 0.4) is 0 Å². The number of rotatable bonds is 11. The summed E-state index contributed by atoms with van der Waals surface area (Å²) in [6, 6.07) is 7.96. The normalized spacial score (nSPS) is 16.8. The molecule has 2 aromatic rings. The molecule has 3 heterocycles. The third kappa shape index (κ3) is 7.09. The van der Waals surface area contributed by atoms with Crippen LogP contribution in [0.15, 0.2) is 30.5 Å². The van der Waals surface area contributed by atoms with E-state index in [0.29, 0.717) is 18.5 Å². The lowest BCUT2D eigenvalue weighted by Gasteiger charge is -2.31. The Kier molecular flexibility index (Phi) is 9.39. The van der Waals surface area contributed by atoms with Gasteiger partial charge < -0.3 is 24.2 Å². The first-order chi connectivity index (χ1) is 17.5. The molecule has 0 bridgehead atoms. The van der Waals surface area contributed by atoms with Crippen molar-refractivity contribution in [2.24, 2.45) is 5.92 Å². The molecule has 36 heavy (non-hydrogen) atoms. The molecule has 0 aliphatic carbocycles. The summed E-state index contributed by atoms with van der Waals surface area (Å²) in [5.41, 5.74) is 2.01. The predicted octanol–water partition coefficient (Wildman–Crippen LogP) is 4.31. The van der Waals surface area contributed by atoms with Crippen molar-refractivity contribution in [2.75, 3.05) is 58.4 Å². The number of benzene rings is 1. The van der Waals surface area contributed by atoms with Gasteiger partial charge in [-0.25, -0.2) is 9.97 Å². The number of amides is 1. The highest BCUT2D eigenvalue weighted by atomic mass is 16.5. The number of anilines is 2. The highest BCUT2D eigenvalue weighted by Crippen LogP contribution is 2.33. The van der Waals surface area contributed by atoms with E-state index in [1.165, 1.54) is 25.9 Å². The van der Waals surface area contributed by atoms with Crippen molar-refractivity contribution in [3.8, 4) is 11.5 Å². The van der Waals surface area contributed by atoms with Gasteiger partial charge in [-0.05, 0) is 82.2 Å². The molecule has 1 amide bonds. The molecule has 2 aliphatic heterocycles. The SMILES string of the molecule is COc1ccc(N(C)c2nccc(CCC3CCN(C(C)=O)CC3)n2)cc1OCCCN1CCCC1. The standard InChI is InChI=1S/C28H41N5O3/c1-22(34)33-18-12-23(13-19-33)7-8-24-11-14-29-28(30-24)31(2)25-9-10-26(35-3)27(21-25)36-20-6-17-32-15-4-5-16-32/h9-11,14,21,23H,4-8,12-13,15-20H2,1-3H3. The molecule has 0 unspecified atom stereocenters. The van der Waals surface area contributed by atoms with E-state index in [1.54, 1.807) is 14.0 Å². The van der Waals surface area contributed by atoms with Crippen LogP contribution in [0.4, 0.5) is 11.6 Å². The van der Waals surface area contributed by atoms with E-state index >= 15 is 0 Å². The molecule has 0 atom stereocenters. The van der Waals surface area contributed by atoms with Crippen molar-refractivity contribution in [3.63, 3.8) is 0 Å². The maximum Gasteiger partial charge on any atom is 0.229 e. The van der Waals surface area contributed by atoms with Crippen molar-refractivity contribution >= 4 is 17.5 Å². The predicted molar refractivity (Wildman–Crippen MR) is 142 cm³/mol. The van der Waals surface area contributed by atoms with Crippen LogP contribution in [0.2, 0.25) is 0 Å². The molecule has 196 valence electrons. The fourth-order valence-electron chi connectivity index (χ4n) is 5.15. The highest BCUT2D eigenvalue weighted by molar-refractivity contribution is 5.73. The van der Waals surface area contributed by atoms with Crippen molar-refractivity contribution in [1.82, 2.24) is 19.8 Å². The average molecular weight is 496 g/mol. The molecule has 0 N–H and O–H groups in total. The molecule has 0 spiro atoms. The van der Waals surface area contributed by atoms with Gasteiger partial charge in [-0.2, -0.15) is 0 Å². The molecule has 2 aliphatic rings. The minimum atomic E-state index is 0.186. The van der Waals surface area contributed by atoms with Crippen molar-refractivity contribution in [2.45, 2.75) is 51.9 Å². The van der Waals surface area contributed by atoms with Crippen molar-refractivity contribution < 1.29 is 14.3 Å². The first kappa shape index (κ1) is 26.2. The van der Waals surface area contributed by atoms with Gasteiger partial charge in [0.2, 0.25) is 11.9 Å². The number of carbonyl (C=O) groups excluding carboxylic acids is 1. The maximum absolute atomic E-state index is 11.6. The molecular weight excluding hydrogens is 454 g/mol. The van der Waals surface area contributed by atoms with Crippen LogP contribution in [0.5, 0.6) is 11.5 Å². The van der Waals surface area contributed by atoms with Gasteiger partial charge in [-0.3, -0.25) is 4.79 Å². The fourth-order valence-corrected chi connectivity index (χ4v) is 5.15. The molecule has 8 nitrogen and oxygen atoms in total. The lowest BCUT2D eigenvalue weighted by Crippen LogP contribution is -2.37. The number of piperidine rings is 1. The topological polar surface area (TPSA) is 71.0 Å². The number of aryl methyl sites for hydroxylation is 1. The molecule has 1 aromatic carbocycles. The van der Waals surface area contributed by atoms with Gasteiger partial charge in [-0.15, -0.1) is 0 Å². The first-order valence-corrected chi connectivity index (χ1v) is 13.4. The Labute approximate surface area is 215 Å². The lowest BCUT2D eigenvalue weighted by molar-refractivity contribution is -0.130.